The number of pyridine rings is 2. The number of carbonyl (C=O) groups excluding carboxylic acids is 2. The Hall–Kier alpha value is -2.76. The maximum atomic E-state index is 12.6. The van der Waals surface area contributed by atoms with Crippen molar-refractivity contribution in [3.05, 3.63) is 59.7 Å². The first-order valence-corrected chi connectivity index (χ1v) is 8.57. The Balaban J connectivity index is 1.70. The fourth-order valence-electron chi connectivity index (χ4n) is 3.19. The molecule has 1 aliphatic rings. The smallest absolute Gasteiger partial charge is 0.255 e. The fourth-order valence-corrected chi connectivity index (χ4v) is 3.19. The van der Waals surface area contributed by atoms with E-state index < -0.39 is 0 Å². The van der Waals surface area contributed by atoms with E-state index in [0.29, 0.717) is 24.9 Å². The zero-order chi connectivity index (χ0) is 17.6. The molecule has 3 rings (SSSR count). The molecule has 25 heavy (non-hydrogen) atoms. The Morgan fingerprint density at radius 1 is 1.24 bits per heavy atom. The minimum absolute atomic E-state index is 0.0164. The van der Waals surface area contributed by atoms with Gasteiger partial charge in [0.15, 0.2) is 0 Å². The predicted octanol–water partition coefficient (Wildman–Crippen LogP) is 1.91. The Bertz CT molecular complexity index is 748. The average molecular weight is 338 g/mol. The van der Waals surface area contributed by atoms with Crippen LogP contribution in [-0.4, -0.2) is 39.8 Å². The molecule has 1 saturated heterocycles. The quantitative estimate of drug-likeness (QED) is 0.902. The van der Waals surface area contributed by atoms with Gasteiger partial charge in [0.05, 0.1) is 5.56 Å². The number of aryl methyl sites for hydroxylation is 1. The Morgan fingerprint density at radius 3 is 2.88 bits per heavy atom. The number of carbonyl (C=O) groups is 2. The number of hydrogen-bond donors (Lipinski definition) is 1. The second kappa shape index (κ2) is 7.88. The molecule has 2 aromatic heterocycles. The Kier molecular flexibility index (Phi) is 5.38. The summed E-state index contributed by atoms with van der Waals surface area (Å²) in [6.45, 7) is 1.41. The molecule has 1 unspecified atom stereocenters. The van der Waals surface area contributed by atoms with Gasteiger partial charge in [0.25, 0.3) is 5.91 Å². The number of likely N-dealkylation sites (tertiary alicyclic amines) is 1. The van der Waals surface area contributed by atoms with Crippen molar-refractivity contribution in [2.24, 2.45) is 5.73 Å². The van der Waals surface area contributed by atoms with Crippen LogP contribution in [0.3, 0.4) is 0 Å². The van der Waals surface area contributed by atoms with Gasteiger partial charge in [-0.1, -0.05) is 6.07 Å². The fraction of sp³-hybridized carbons (Fsp3) is 0.368. The summed E-state index contributed by atoms with van der Waals surface area (Å²) in [4.78, 5) is 34.2. The van der Waals surface area contributed by atoms with Crippen LogP contribution in [-0.2, 0) is 11.2 Å². The number of piperidine rings is 1. The summed E-state index contributed by atoms with van der Waals surface area (Å²) >= 11 is 0. The second-order valence-electron chi connectivity index (χ2n) is 6.35. The Labute approximate surface area is 147 Å². The number of nitrogens with two attached hydrogens (primary N) is 1. The summed E-state index contributed by atoms with van der Waals surface area (Å²) in [6, 6.07) is 9.44. The highest BCUT2D eigenvalue weighted by atomic mass is 16.2. The molecule has 1 atom stereocenters. The number of amides is 2. The highest BCUT2D eigenvalue weighted by Gasteiger charge is 2.26. The monoisotopic (exact) mass is 338 g/mol. The topological polar surface area (TPSA) is 89.2 Å². The van der Waals surface area contributed by atoms with Gasteiger partial charge >= 0.3 is 0 Å². The highest BCUT2D eigenvalue weighted by molar-refractivity contribution is 5.94. The van der Waals surface area contributed by atoms with Gasteiger partial charge in [0.1, 0.15) is 0 Å². The van der Waals surface area contributed by atoms with Crippen molar-refractivity contribution >= 4 is 11.8 Å². The van der Waals surface area contributed by atoms with E-state index in [1.54, 1.807) is 24.5 Å². The van der Waals surface area contributed by atoms with Crippen molar-refractivity contribution in [1.29, 1.82) is 0 Å². The lowest BCUT2D eigenvalue weighted by Crippen LogP contribution is -2.39. The molecule has 1 aliphatic heterocycles. The van der Waals surface area contributed by atoms with Gasteiger partial charge in [0.2, 0.25) is 5.91 Å². The number of rotatable bonds is 5. The zero-order valence-electron chi connectivity index (χ0n) is 14.1. The molecule has 6 nitrogen and oxygen atoms in total. The van der Waals surface area contributed by atoms with Gasteiger partial charge in [-0.05, 0) is 43.5 Å². The minimum atomic E-state index is -0.321. The van der Waals surface area contributed by atoms with E-state index in [-0.39, 0.29) is 17.7 Å². The normalized spacial score (nSPS) is 17.3. The van der Waals surface area contributed by atoms with Crippen molar-refractivity contribution in [2.75, 3.05) is 13.1 Å². The molecular weight excluding hydrogens is 316 g/mol. The maximum Gasteiger partial charge on any atom is 0.255 e. The molecule has 1 fully saturated rings. The largest absolute Gasteiger partial charge is 0.370 e. The van der Waals surface area contributed by atoms with Crippen molar-refractivity contribution in [3.8, 4) is 0 Å². The molecule has 2 amide bonds. The Morgan fingerprint density at radius 2 is 2.12 bits per heavy atom. The van der Waals surface area contributed by atoms with Crippen LogP contribution in [0.2, 0.25) is 0 Å². The van der Waals surface area contributed by atoms with E-state index in [4.69, 9.17) is 5.73 Å². The molecule has 0 bridgehead atoms. The summed E-state index contributed by atoms with van der Waals surface area (Å²) in [5.41, 5.74) is 7.67. The predicted molar refractivity (Wildman–Crippen MR) is 93.9 cm³/mol. The van der Waals surface area contributed by atoms with E-state index in [9.17, 15) is 9.59 Å². The molecule has 3 heterocycles. The molecule has 0 radical (unpaired) electrons. The van der Waals surface area contributed by atoms with Gasteiger partial charge < -0.3 is 10.6 Å². The van der Waals surface area contributed by atoms with E-state index in [0.717, 1.165) is 30.8 Å². The second-order valence-corrected chi connectivity index (χ2v) is 6.35. The number of hydrogen-bond acceptors (Lipinski definition) is 4. The third kappa shape index (κ3) is 4.41. The van der Waals surface area contributed by atoms with Crippen LogP contribution in [0.25, 0.3) is 0 Å². The summed E-state index contributed by atoms with van der Waals surface area (Å²) in [6.07, 6.45) is 6.07. The zero-order valence-corrected chi connectivity index (χ0v) is 14.1. The summed E-state index contributed by atoms with van der Waals surface area (Å²) in [7, 11) is 0. The summed E-state index contributed by atoms with van der Waals surface area (Å²) < 4.78 is 0. The molecule has 0 spiro atoms. The molecule has 6 heteroatoms. The summed E-state index contributed by atoms with van der Waals surface area (Å²) in [5.74, 6) is -0.0938. The van der Waals surface area contributed by atoms with E-state index >= 15 is 0 Å². The van der Waals surface area contributed by atoms with Gasteiger partial charge in [-0.15, -0.1) is 0 Å². The molecular formula is C19H22N4O2. The lowest BCUT2D eigenvalue weighted by molar-refractivity contribution is -0.118. The minimum Gasteiger partial charge on any atom is -0.370 e. The standard InChI is InChI=1S/C19H22N4O2/c20-18(24)9-8-16-6-1-7-17(22-16)15-5-3-11-23(13-15)19(25)14-4-2-10-21-12-14/h1-2,4,6-7,10,12,15H,3,5,8-9,11,13H2,(H2,20,24). The van der Waals surface area contributed by atoms with Crippen molar-refractivity contribution in [2.45, 2.75) is 31.6 Å². The van der Waals surface area contributed by atoms with Crippen molar-refractivity contribution < 1.29 is 9.59 Å². The average Bonchev–Trinajstić information content (AvgIpc) is 2.67. The first-order valence-electron chi connectivity index (χ1n) is 8.57. The number of nitrogens with zero attached hydrogens (tertiary/aromatic N) is 3. The number of aromatic nitrogens is 2. The van der Waals surface area contributed by atoms with Crippen LogP contribution in [0.15, 0.2) is 42.7 Å². The number of primary amides is 1. The van der Waals surface area contributed by atoms with Gasteiger partial charge in [0, 0.05) is 49.2 Å². The first-order chi connectivity index (χ1) is 12.1. The summed E-state index contributed by atoms with van der Waals surface area (Å²) in [5, 5.41) is 0. The molecule has 2 aromatic rings. The van der Waals surface area contributed by atoms with Crippen LogP contribution in [0.5, 0.6) is 0 Å². The van der Waals surface area contributed by atoms with Crippen LogP contribution in [0.1, 0.15) is 46.9 Å². The van der Waals surface area contributed by atoms with Crippen LogP contribution >= 0.6 is 0 Å². The molecule has 2 N–H and O–H groups in total. The molecule has 0 saturated carbocycles. The van der Waals surface area contributed by atoms with Crippen molar-refractivity contribution in [1.82, 2.24) is 14.9 Å². The van der Waals surface area contributed by atoms with Gasteiger partial charge in [-0.2, -0.15) is 0 Å². The molecule has 130 valence electrons. The lowest BCUT2D eigenvalue weighted by Gasteiger charge is -2.32. The van der Waals surface area contributed by atoms with E-state index in [2.05, 4.69) is 9.97 Å². The highest BCUT2D eigenvalue weighted by Crippen LogP contribution is 2.26. The third-order valence-electron chi connectivity index (χ3n) is 4.49. The SMILES string of the molecule is NC(=O)CCc1cccc(C2CCCN(C(=O)c3cccnc3)C2)n1. The van der Waals surface area contributed by atoms with Gasteiger partial charge in [-0.25, -0.2) is 0 Å². The third-order valence-corrected chi connectivity index (χ3v) is 4.49. The van der Waals surface area contributed by atoms with E-state index in [1.807, 2.05) is 23.1 Å². The van der Waals surface area contributed by atoms with Gasteiger partial charge in [-0.3, -0.25) is 19.6 Å². The van der Waals surface area contributed by atoms with Crippen molar-refractivity contribution in [3.63, 3.8) is 0 Å². The molecule has 0 aliphatic carbocycles. The van der Waals surface area contributed by atoms with Crippen LogP contribution in [0.4, 0.5) is 0 Å². The van der Waals surface area contributed by atoms with Crippen LogP contribution < -0.4 is 5.73 Å². The molecule has 0 aromatic carbocycles. The maximum absolute atomic E-state index is 12.6. The first kappa shape index (κ1) is 17.1. The lowest BCUT2D eigenvalue weighted by atomic mass is 9.93. The van der Waals surface area contributed by atoms with Crippen LogP contribution in [0, 0.1) is 0 Å². The van der Waals surface area contributed by atoms with E-state index in [1.165, 1.54) is 0 Å².